The van der Waals surface area contributed by atoms with Gasteiger partial charge in [0.1, 0.15) is 5.75 Å². The van der Waals surface area contributed by atoms with Gasteiger partial charge in [-0.1, -0.05) is 0 Å². The van der Waals surface area contributed by atoms with Crippen LogP contribution in [0.4, 0.5) is 11.4 Å². The maximum Gasteiger partial charge on any atom is 0.224 e. The smallest absolute Gasteiger partial charge is 0.224 e. The Morgan fingerprint density at radius 3 is 2.76 bits per heavy atom. The zero-order valence-corrected chi connectivity index (χ0v) is 12.7. The molecule has 5 heteroatoms. The van der Waals surface area contributed by atoms with Gasteiger partial charge < -0.3 is 20.7 Å². The fourth-order valence-corrected chi connectivity index (χ4v) is 2.59. The van der Waals surface area contributed by atoms with E-state index in [1.807, 2.05) is 24.0 Å². The third kappa shape index (κ3) is 4.85. The van der Waals surface area contributed by atoms with Gasteiger partial charge in [-0.25, -0.2) is 0 Å². The van der Waals surface area contributed by atoms with Crippen molar-refractivity contribution >= 4 is 17.3 Å². The van der Waals surface area contributed by atoms with Crippen molar-refractivity contribution in [3.63, 3.8) is 0 Å². The van der Waals surface area contributed by atoms with Crippen LogP contribution in [-0.4, -0.2) is 37.0 Å². The van der Waals surface area contributed by atoms with Gasteiger partial charge in [0.2, 0.25) is 5.91 Å². The molecule has 1 heterocycles. The lowest BCUT2D eigenvalue weighted by Crippen LogP contribution is -2.36. The van der Waals surface area contributed by atoms with Crippen LogP contribution in [0.3, 0.4) is 0 Å². The Morgan fingerprint density at radius 1 is 1.29 bits per heavy atom. The van der Waals surface area contributed by atoms with E-state index in [-0.39, 0.29) is 5.91 Å². The second-order valence-corrected chi connectivity index (χ2v) is 5.34. The van der Waals surface area contributed by atoms with Crippen molar-refractivity contribution in [2.45, 2.75) is 32.6 Å². The Morgan fingerprint density at radius 2 is 2.05 bits per heavy atom. The monoisotopic (exact) mass is 291 g/mol. The standard InChI is InChI=1S/C16H25N3O2/c1-2-21-15-11-13(17)10-14(12-15)18-7-6-16(20)19-8-4-3-5-9-19/h10-12,18H,2-9,17H2,1H3. The number of benzene rings is 1. The lowest BCUT2D eigenvalue weighted by atomic mass is 10.1. The molecular formula is C16H25N3O2. The van der Waals surface area contributed by atoms with Gasteiger partial charge in [-0.2, -0.15) is 0 Å². The molecule has 3 N–H and O–H groups in total. The van der Waals surface area contributed by atoms with Gasteiger partial charge in [-0.15, -0.1) is 0 Å². The molecule has 1 aliphatic heterocycles. The van der Waals surface area contributed by atoms with Gasteiger partial charge in [0.25, 0.3) is 0 Å². The summed E-state index contributed by atoms with van der Waals surface area (Å²) in [7, 11) is 0. The van der Waals surface area contributed by atoms with Crippen molar-refractivity contribution in [1.82, 2.24) is 4.90 Å². The molecule has 1 aliphatic rings. The predicted octanol–water partition coefficient (Wildman–Crippen LogP) is 2.48. The first kappa shape index (κ1) is 15.5. The molecule has 0 unspecified atom stereocenters. The first-order valence-electron chi connectivity index (χ1n) is 7.74. The molecule has 0 aromatic heterocycles. The quantitative estimate of drug-likeness (QED) is 0.790. The fourth-order valence-electron chi connectivity index (χ4n) is 2.59. The van der Waals surface area contributed by atoms with Crippen molar-refractivity contribution in [1.29, 1.82) is 0 Å². The van der Waals surface area contributed by atoms with Crippen molar-refractivity contribution in [2.75, 3.05) is 37.3 Å². The average molecular weight is 291 g/mol. The molecule has 0 aliphatic carbocycles. The molecular weight excluding hydrogens is 266 g/mol. The number of anilines is 2. The summed E-state index contributed by atoms with van der Waals surface area (Å²) in [6.45, 7) is 4.98. The number of nitrogen functional groups attached to an aromatic ring is 1. The van der Waals surface area contributed by atoms with Crippen LogP contribution in [0.5, 0.6) is 5.75 Å². The van der Waals surface area contributed by atoms with E-state index in [2.05, 4.69) is 5.32 Å². The summed E-state index contributed by atoms with van der Waals surface area (Å²) in [5.41, 5.74) is 7.39. The van der Waals surface area contributed by atoms with Crippen molar-refractivity contribution in [3.8, 4) is 5.75 Å². The summed E-state index contributed by atoms with van der Waals surface area (Å²) >= 11 is 0. The number of likely N-dealkylation sites (tertiary alicyclic amines) is 1. The highest BCUT2D eigenvalue weighted by atomic mass is 16.5. The number of nitrogens with one attached hydrogen (secondary N) is 1. The second kappa shape index (κ2) is 7.76. The molecule has 0 spiro atoms. The number of rotatable bonds is 6. The minimum absolute atomic E-state index is 0.233. The van der Waals surface area contributed by atoms with Crippen LogP contribution in [0.25, 0.3) is 0 Å². The van der Waals surface area contributed by atoms with E-state index in [9.17, 15) is 4.79 Å². The molecule has 21 heavy (non-hydrogen) atoms. The van der Waals surface area contributed by atoms with Crippen LogP contribution in [0.15, 0.2) is 18.2 Å². The highest BCUT2D eigenvalue weighted by Crippen LogP contribution is 2.22. The molecule has 1 amide bonds. The molecule has 2 rings (SSSR count). The summed E-state index contributed by atoms with van der Waals surface area (Å²) in [5.74, 6) is 0.985. The van der Waals surface area contributed by atoms with Crippen LogP contribution in [0, 0.1) is 0 Å². The van der Waals surface area contributed by atoms with E-state index in [1.54, 1.807) is 6.07 Å². The summed E-state index contributed by atoms with van der Waals surface area (Å²) < 4.78 is 5.45. The van der Waals surface area contributed by atoms with Crippen LogP contribution in [0.1, 0.15) is 32.6 Å². The number of carbonyl (C=O) groups excluding carboxylic acids is 1. The maximum atomic E-state index is 12.1. The molecule has 0 atom stereocenters. The summed E-state index contributed by atoms with van der Waals surface area (Å²) in [5, 5.41) is 3.25. The number of amides is 1. The molecule has 0 radical (unpaired) electrons. The number of nitrogens with two attached hydrogens (primary N) is 1. The Kier molecular flexibility index (Phi) is 5.72. The highest BCUT2D eigenvalue weighted by Gasteiger charge is 2.15. The number of nitrogens with zero attached hydrogens (tertiary/aromatic N) is 1. The zero-order chi connectivity index (χ0) is 15.1. The van der Waals surface area contributed by atoms with Crippen LogP contribution in [0.2, 0.25) is 0 Å². The molecule has 0 bridgehead atoms. The second-order valence-electron chi connectivity index (χ2n) is 5.34. The minimum Gasteiger partial charge on any atom is -0.494 e. The lowest BCUT2D eigenvalue weighted by molar-refractivity contribution is -0.131. The molecule has 1 aromatic carbocycles. The Labute approximate surface area is 126 Å². The molecule has 5 nitrogen and oxygen atoms in total. The highest BCUT2D eigenvalue weighted by molar-refractivity contribution is 5.76. The first-order chi connectivity index (χ1) is 10.2. The fraction of sp³-hybridized carbons (Fsp3) is 0.562. The first-order valence-corrected chi connectivity index (χ1v) is 7.74. The minimum atomic E-state index is 0.233. The van der Waals surface area contributed by atoms with E-state index in [0.717, 1.165) is 37.4 Å². The lowest BCUT2D eigenvalue weighted by Gasteiger charge is -2.26. The SMILES string of the molecule is CCOc1cc(N)cc(NCCC(=O)N2CCCCC2)c1. The molecule has 0 saturated carbocycles. The maximum absolute atomic E-state index is 12.1. The Balaban J connectivity index is 1.81. The van der Waals surface area contributed by atoms with E-state index in [4.69, 9.17) is 10.5 Å². The van der Waals surface area contributed by atoms with Crippen molar-refractivity contribution in [2.24, 2.45) is 0 Å². The molecule has 1 fully saturated rings. The van der Waals surface area contributed by atoms with Gasteiger partial charge in [0.05, 0.1) is 6.61 Å². The van der Waals surface area contributed by atoms with Gasteiger partial charge in [0, 0.05) is 49.6 Å². The van der Waals surface area contributed by atoms with Gasteiger partial charge in [-0.3, -0.25) is 4.79 Å². The van der Waals surface area contributed by atoms with Gasteiger partial charge in [-0.05, 0) is 32.3 Å². The number of hydrogen-bond donors (Lipinski definition) is 2. The van der Waals surface area contributed by atoms with E-state index in [0.29, 0.717) is 25.3 Å². The van der Waals surface area contributed by atoms with Gasteiger partial charge >= 0.3 is 0 Å². The number of ether oxygens (including phenoxy) is 1. The van der Waals surface area contributed by atoms with Crippen molar-refractivity contribution < 1.29 is 9.53 Å². The number of hydrogen-bond acceptors (Lipinski definition) is 4. The van der Waals surface area contributed by atoms with Gasteiger partial charge in [0.15, 0.2) is 0 Å². The molecule has 1 saturated heterocycles. The summed E-state index contributed by atoms with van der Waals surface area (Å²) in [6.07, 6.45) is 4.02. The van der Waals surface area contributed by atoms with E-state index in [1.165, 1.54) is 6.42 Å². The van der Waals surface area contributed by atoms with E-state index >= 15 is 0 Å². The third-order valence-corrected chi connectivity index (χ3v) is 3.62. The third-order valence-electron chi connectivity index (χ3n) is 3.62. The Bertz CT molecular complexity index is 471. The van der Waals surface area contributed by atoms with Crippen molar-refractivity contribution in [3.05, 3.63) is 18.2 Å². The topological polar surface area (TPSA) is 67.6 Å². The molecule has 116 valence electrons. The van der Waals surface area contributed by atoms with E-state index < -0.39 is 0 Å². The largest absolute Gasteiger partial charge is 0.494 e. The predicted molar refractivity (Wildman–Crippen MR) is 85.6 cm³/mol. The summed E-state index contributed by atoms with van der Waals surface area (Å²) in [6, 6.07) is 5.56. The van der Waals surface area contributed by atoms with Crippen LogP contribution >= 0.6 is 0 Å². The summed E-state index contributed by atoms with van der Waals surface area (Å²) in [4.78, 5) is 14.0. The van der Waals surface area contributed by atoms with Crippen LogP contribution in [-0.2, 0) is 4.79 Å². The number of piperidine rings is 1. The Hall–Kier alpha value is -1.91. The van der Waals surface area contributed by atoms with Crippen LogP contribution < -0.4 is 15.8 Å². The molecule has 1 aromatic rings. The normalized spacial score (nSPS) is 14.8. The number of carbonyl (C=O) groups is 1. The average Bonchev–Trinajstić information content (AvgIpc) is 2.48. The zero-order valence-electron chi connectivity index (χ0n) is 12.7.